The number of aromatic nitrogens is 2. The molecule has 3 aliphatic rings. The lowest BCUT2D eigenvalue weighted by Crippen LogP contribution is -2.51. The van der Waals surface area contributed by atoms with Crippen molar-refractivity contribution in [2.24, 2.45) is 15.6 Å². The first-order chi connectivity index (χ1) is 16.3. The average molecular weight is 460 g/mol. The van der Waals surface area contributed by atoms with Gasteiger partial charge in [-0.3, -0.25) is 9.48 Å². The van der Waals surface area contributed by atoms with E-state index >= 15 is 0 Å². The molecule has 0 amide bonds. The molecule has 1 aromatic heterocycles. The smallest absolute Gasteiger partial charge is 0.165 e. The van der Waals surface area contributed by atoms with Gasteiger partial charge in [0.05, 0.1) is 30.5 Å². The van der Waals surface area contributed by atoms with Crippen LogP contribution in [0.25, 0.3) is 11.1 Å². The van der Waals surface area contributed by atoms with E-state index in [0.29, 0.717) is 19.6 Å². The molecule has 1 unspecified atom stereocenters. The maximum atomic E-state index is 13.7. The number of hydrogen-bond donors (Lipinski definition) is 1. The number of carbonyl (C=O) groups excluding carboxylic acids is 1. The fourth-order valence-corrected chi connectivity index (χ4v) is 5.99. The summed E-state index contributed by atoms with van der Waals surface area (Å²) in [7, 11) is 1.69. The second-order valence-corrected chi connectivity index (χ2v) is 10.4. The number of carbonyl (C=O) groups is 1. The molecule has 7 heteroatoms. The summed E-state index contributed by atoms with van der Waals surface area (Å²) < 4.78 is 7.08. The van der Waals surface area contributed by atoms with E-state index in [0.717, 1.165) is 52.1 Å². The summed E-state index contributed by atoms with van der Waals surface area (Å²) in [6.45, 7) is 9.84. The fraction of sp³-hybridized carbons (Fsp3) is 0.481. The second kappa shape index (κ2) is 8.31. The first-order valence-corrected chi connectivity index (χ1v) is 12.1. The van der Waals surface area contributed by atoms with Crippen LogP contribution in [0, 0.1) is 5.41 Å². The van der Waals surface area contributed by atoms with Gasteiger partial charge < -0.3 is 10.1 Å². The number of methoxy groups -OCH3 is 1. The minimum Gasteiger partial charge on any atom is -0.383 e. The molecule has 0 radical (unpaired) electrons. The van der Waals surface area contributed by atoms with E-state index in [-0.39, 0.29) is 17.4 Å². The third-order valence-corrected chi connectivity index (χ3v) is 7.44. The Balaban J connectivity index is 1.67. The maximum absolute atomic E-state index is 13.7. The van der Waals surface area contributed by atoms with E-state index in [1.54, 1.807) is 7.11 Å². The number of azo groups is 1. The Morgan fingerprint density at radius 3 is 2.82 bits per heavy atom. The van der Waals surface area contributed by atoms with Crippen molar-refractivity contribution in [3.8, 4) is 11.1 Å². The van der Waals surface area contributed by atoms with Crippen LogP contribution in [-0.2, 0) is 21.5 Å². The van der Waals surface area contributed by atoms with E-state index in [1.165, 1.54) is 0 Å². The molecule has 1 aliphatic carbocycles. The molecule has 34 heavy (non-hydrogen) atoms. The van der Waals surface area contributed by atoms with Crippen LogP contribution in [0.2, 0.25) is 0 Å². The normalized spacial score (nSPS) is 25.4. The van der Waals surface area contributed by atoms with Crippen molar-refractivity contribution in [1.82, 2.24) is 15.1 Å². The Morgan fingerprint density at radius 1 is 1.24 bits per heavy atom. The van der Waals surface area contributed by atoms with Gasteiger partial charge in [-0.15, -0.1) is 0 Å². The van der Waals surface area contributed by atoms with Gasteiger partial charge in [0.15, 0.2) is 11.9 Å². The summed E-state index contributed by atoms with van der Waals surface area (Å²) in [6.07, 6.45) is 5.87. The van der Waals surface area contributed by atoms with Gasteiger partial charge in [-0.25, -0.2) is 0 Å². The van der Waals surface area contributed by atoms with Crippen molar-refractivity contribution in [2.75, 3.05) is 13.7 Å². The minimum atomic E-state index is -0.547. The molecule has 2 aromatic rings. The van der Waals surface area contributed by atoms with Gasteiger partial charge in [0.1, 0.15) is 0 Å². The molecule has 2 aliphatic heterocycles. The monoisotopic (exact) mass is 459 g/mol. The molecule has 1 aromatic carbocycles. The number of ketones is 1. The fourth-order valence-electron chi connectivity index (χ4n) is 5.99. The molecule has 0 saturated heterocycles. The van der Waals surface area contributed by atoms with Gasteiger partial charge in [-0.05, 0) is 42.4 Å². The number of ether oxygens (including phenoxy) is 1. The van der Waals surface area contributed by atoms with Crippen LogP contribution in [0.4, 0.5) is 0 Å². The Morgan fingerprint density at radius 2 is 2.06 bits per heavy atom. The number of hydrogen-bond acceptors (Lipinski definition) is 6. The lowest BCUT2D eigenvalue weighted by atomic mass is 9.58. The van der Waals surface area contributed by atoms with Crippen LogP contribution in [0.1, 0.15) is 52.5 Å². The largest absolute Gasteiger partial charge is 0.383 e. The van der Waals surface area contributed by atoms with Crippen LogP contribution in [0.5, 0.6) is 0 Å². The van der Waals surface area contributed by atoms with Gasteiger partial charge in [0.25, 0.3) is 0 Å². The first kappa shape index (κ1) is 22.7. The van der Waals surface area contributed by atoms with Gasteiger partial charge in [-0.1, -0.05) is 39.0 Å². The molecule has 178 valence electrons. The van der Waals surface area contributed by atoms with Crippen molar-refractivity contribution in [3.63, 3.8) is 0 Å². The van der Waals surface area contributed by atoms with Crippen LogP contribution in [-0.4, -0.2) is 35.4 Å². The topological polar surface area (TPSA) is 80.9 Å². The number of allylic oxidation sites excluding steroid dienone is 3. The Labute approximate surface area is 201 Å². The summed E-state index contributed by atoms with van der Waals surface area (Å²) >= 11 is 0. The third kappa shape index (κ3) is 3.54. The van der Waals surface area contributed by atoms with E-state index < -0.39 is 5.41 Å². The molecule has 3 heterocycles. The van der Waals surface area contributed by atoms with Gasteiger partial charge >= 0.3 is 0 Å². The molecular formula is C27H33N5O2. The third-order valence-electron chi connectivity index (χ3n) is 7.44. The molecule has 5 rings (SSSR count). The Kier molecular flexibility index (Phi) is 5.55. The quantitative estimate of drug-likeness (QED) is 0.647. The summed E-state index contributed by atoms with van der Waals surface area (Å²) in [5.74, 6) is 0.226. The SMILES string of the molecule is CC[C@]1(c2cccc(-c3cnn(CCOC)c3)c2)C2=C(CC(C)(C)CC2=O)NC2N=NC(C)=C21. The maximum Gasteiger partial charge on any atom is 0.165 e. The highest BCUT2D eigenvalue weighted by Crippen LogP contribution is 2.55. The molecule has 0 spiro atoms. The average Bonchev–Trinajstić information content (AvgIpc) is 3.42. The zero-order chi connectivity index (χ0) is 24.1. The molecule has 0 saturated carbocycles. The van der Waals surface area contributed by atoms with E-state index in [1.807, 2.05) is 24.0 Å². The molecule has 7 nitrogen and oxygen atoms in total. The van der Waals surface area contributed by atoms with Gasteiger partial charge in [0.2, 0.25) is 0 Å². The number of nitrogens with one attached hydrogen (secondary N) is 1. The van der Waals surface area contributed by atoms with Crippen molar-refractivity contribution < 1.29 is 9.53 Å². The molecule has 2 atom stereocenters. The van der Waals surface area contributed by atoms with Crippen LogP contribution >= 0.6 is 0 Å². The van der Waals surface area contributed by atoms with Crippen molar-refractivity contribution in [2.45, 2.75) is 65.1 Å². The Hall–Kier alpha value is -3.06. The number of nitrogens with zero attached hydrogens (tertiary/aromatic N) is 4. The first-order valence-electron chi connectivity index (χ1n) is 12.1. The number of rotatable bonds is 6. The lowest BCUT2D eigenvalue weighted by Gasteiger charge is -2.48. The summed E-state index contributed by atoms with van der Waals surface area (Å²) in [5, 5.41) is 17.1. The number of Topliss-reactive ketones (excluding diaryl/α,β-unsaturated/α-hetero) is 1. The predicted octanol–water partition coefficient (Wildman–Crippen LogP) is 5.16. The molecular weight excluding hydrogens is 426 g/mol. The zero-order valence-electron chi connectivity index (χ0n) is 20.7. The van der Waals surface area contributed by atoms with E-state index in [4.69, 9.17) is 4.74 Å². The second-order valence-electron chi connectivity index (χ2n) is 10.4. The number of benzene rings is 1. The van der Waals surface area contributed by atoms with Crippen molar-refractivity contribution in [1.29, 1.82) is 0 Å². The van der Waals surface area contributed by atoms with Crippen LogP contribution in [0.15, 0.2) is 69.4 Å². The molecule has 0 fully saturated rings. The summed E-state index contributed by atoms with van der Waals surface area (Å²) in [6, 6.07) is 8.57. The summed E-state index contributed by atoms with van der Waals surface area (Å²) in [4.78, 5) is 13.7. The highest BCUT2D eigenvalue weighted by Gasteiger charge is 2.53. The Bertz CT molecular complexity index is 1240. The van der Waals surface area contributed by atoms with Gasteiger partial charge in [0, 0.05) is 42.1 Å². The minimum absolute atomic E-state index is 0.0763. The van der Waals surface area contributed by atoms with Crippen molar-refractivity contribution >= 4 is 5.78 Å². The van der Waals surface area contributed by atoms with Crippen molar-refractivity contribution in [3.05, 3.63) is 64.8 Å². The standard InChI is InChI=1S/C27H33N5O2/c1-6-27(20-9-7-8-18(12-20)19-15-28-32(16-19)10-11-34-5)23-17(2)30-31-25(23)29-21-13-26(3,4)14-22(33)24(21)27/h7-9,12,15-16,25,29H,6,10-11,13-14H2,1-5H3/t25?,27-/m1/s1. The zero-order valence-corrected chi connectivity index (χ0v) is 20.7. The molecule has 1 N–H and O–H groups in total. The van der Waals surface area contributed by atoms with Crippen LogP contribution in [0.3, 0.4) is 0 Å². The van der Waals surface area contributed by atoms with Crippen LogP contribution < -0.4 is 5.32 Å². The number of fused-ring (bicyclic) bond motifs is 1. The van der Waals surface area contributed by atoms with E-state index in [9.17, 15) is 4.79 Å². The van der Waals surface area contributed by atoms with E-state index in [2.05, 4.69) is 65.7 Å². The predicted molar refractivity (Wildman–Crippen MR) is 131 cm³/mol. The highest BCUT2D eigenvalue weighted by atomic mass is 16.5. The lowest BCUT2D eigenvalue weighted by molar-refractivity contribution is -0.119. The summed E-state index contributed by atoms with van der Waals surface area (Å²) in [5.41, 5.74) is 6.57. The highest BCUT2D eigenvalue weighted by molar-refractivity contribution is 6.01. The molecule has 0 bridgehead atoms. The van der Waals surface area contributed by atoms with Gasteiger partial charge in [-0.2, -0.15) is 15.3 Å².